The van der Waals surface area contributed by atoms with Gasteiger partial charge in [0.05, 0.1) is 4.92 Å². The summed E-state index contributed by atoms with van der Waals surface area (Å²) in [5, 5.41) is 14.4. The van der Waals surface area contributed by atoms with Gasteiger partial charge in [-0.25, -0.2) is 0 Å². The average molecular weight is 274 g/mol. The Morgan fingerprint density at radius 1 is 1.40 bits per heavy atom. The van der Waals surface area contributed by atoms with Crippen LogP contribution in [0.2, 0.25) is 0 Å². The standard InChI is InChI=1S/C16H22N2O2/c1-11(13-3-2-4-16(9-13)18(19)20)17-10-15-8-12-5-6-14(15)7-12/h2-4,9,11-12,14-15,17H,5-8,10H2,1H3. The number of nitrogens with one attached hydrogen (secondary N) is 1. The molecular formula is C16H22N2O2. The topological polar surface area (TPSA) is 55.2 Å². The molecule has 20 heavy (non-hydrogen) atoms. The van der Waals surface area contributed by atoms with Crippen LogP contribution in [-0.2, 0) is 0 Å². The number of fused-ring (bicyclic) bond motifs is 2. The largest absolute Gasteiger partial charge is 0.310 e. The first-order valence-electron chi connectivity index (χ1n) is 7.61. The van der Waals surface area contributed by atoms with Gasteiger partial charge in [-0.3, -0.25) is 10.1 Å². The van der Waals surface area contributed by atoms with Crippen molar-refractivity contribution in [3.05, 3.63) is 39.9 Å². The number of nitrogens with zero attached hydrogens (tertiary/aromatic N) is 1. The van der Waals surface area contributed by atoms with Crippen LogP contribution in [0.4, 0.5) is 5.69 Å². The molecule has 2 aliphatic carbocycles. The Kier molecular flexibility index (Phi) is 3.74. The van der Waals surface area contributed by atoms with Crippen molar-refractivity contribution in [3.8, 4) is 0 Å². The number of nitro benzene ring substituents is 1. The molecule has 3 rings (SSSR count). The average Bonchev–Trinajstić information content (AvgIpc) is 3.07. The van der Waals surface area contributed by atoms with Gasteiger partial charge in [0.25, 0.3) is 5.69 Å². The normalized spacial score (nSPS) is 29.6. The molecule has 4 unspecified atom stereocenters. The molecule has 2 aliphatic rings. The molecule has 2 saturated carbocycles. The van der Waals surface area contributed by atoms with Crippen LogP contribution in [-0.4, -0.2) is 11.5 Å². The minimum Gasteiger partial charge on any atom is -0.310 e. The smallest absolute Gasteiger partial charge is 0.269 e. The molecule has 0 spiro atoms. The summed E-state index contributed by atoms with van der Waals surface area (Å²) in [6.45, 7) is 3.14. The van der Waals surface area contributed by atoms with Gasteiger partial charge >= 0.3 is 0 Å². The summed E-state index contributed by atoms with van der Waals surface area (Å²) in [6.07, 6.45) is 5.64. The lowest BCUT2D eigenvalue weighted by molar-refractivity contribution is -0.384. The van der Waals surface area contributed by atoms with Gasteiger partial charge in [-0.1, -0.05) is 18.6 Å². The first kappa shape index (κ1) is 13.6. The third kappa shape index (κ3) is 2.70. The van der Waals surface area contributed by atoms with Crippen LogP contribution >= 0.6 is 0 Å². The summed E-state index contributed by atoms with van der Waals surface area (Å²) in [5.74, 6) is 2.71. The number of non-ortho nitro benzene ring substituents is 1. The van der Waals surface area contributed by atoms with Gasteiger partial charge in [0.15, 0.2) is 0 Å². The molecule has 0 radical (unpaired) electrons. The maximum absolute atomic E-state index is 10.8. The maximum Gasteiger partial charge on any atom is 0.269 e. The van der Waals surface area contributed by atoms with E-state index in [1.54, 1.807) is 18.2 Å². The van der Waals surface area contributed by atoms with Gasteiger partial charge in [0.2, 0.25) is 0 Å². The predicted octanol–water partition coefficient (Wildman–Crippen LogP) is 3.68. The summed E-state index contributed by atoms with van der Waals surface area (Å²) < 4.78 is 0. The highest BCUT2D eigenvalue weighted by atomic mass is 16.6. The Hall–Kier alpha value is -1.42. The summed E-state index contributed by atoms with van der Waals surface area (Å²) in [5.41, 5.74) is 1.18. The van der Waals surface area contributed by atoms with Gasteiger partial charge in [0, 0.05) is 18.2 Å². The lowest BCUT2D eigenvalue weighted by Crippen LogP contribution is -2.28. The van der Waals surface area contributed by atoms with E-state index in [1.807, 2.05) is 6.07 Å². The van der Waals surface area contributed by atoms with E-state index in [9.17, 15) is 10.1 Å². The highest BCUT2D eigenvalue weighted by Crippen LogP contribution is 2.48. The van der Waals surface area contributed by atoms with Crippen molar-refractivity contribution in [3.63, 3.8) is 0 Å². The molecular weight excluding hydrogens is 252 g/mol. The molecule has 4 atom stereocenters. The molecule has 2 fully saturated rings. The molecule has 1 aromatic carbocycles. The molecule has 0 amide bonds. The first-order valence-corrected chi connectivity index (χ1v) is 7.61. The van der Waals surface area contributed by atoms with Crippen LogP contribution in [0.15, 0.2) is 24.3 Å². The van der Waals surface area contributed by atoms with Crippen molar-refractivity contribution in [2.75, 3.05) is 6.54 Å². The molecule has 1 aromatic rings. The molecule has 4 nitrogen and oxygen atoms in total. The van der Waals surface area contributed by atoms with E-state index in [0.29, 0.717) is 0 Å². The molecule has 0 heterocycles. The second kappa shape index (κ2) is 5.52. The van der Waals surface area contributed by atoms with Crippen molar-refractivity contribution in [2.24, 2.45) is 17.8 Å². The quantitative estimate of drug-likeness (QED) is 0.658. The fourth-order valence-corrected chi connectivity index (χ4v) is 3.98. The fourth-order valence-electron chi connectivity index (χ4n) is 3.98. The third-order valence-electron chi connectivity index (χ3n) is 5.15. The monoisotopic (exact) mass is 274 g/mol. The summed E-state index contributed by atoms with van der Waals surface area (Å²) >= 11 is 0. The molecule has 108 valence electrons. The number of hydrogen-bond donors (Lipinski definition) is 1. The zero-order valence-electron chi connectivity index (χ0n) is 11.9. The second-order valence-electron chi connectivity index (χ2n) is 6.42. The van der Waals surface area contributed by atoms with Crippen LogP contribution in [0.3, 0.4) is 0 Å². The Morgan fingerprint density at radius 3 is 2.90 bits per heavy atom. The van der Waals surface area contributed by atoms with Crippen LogP contribution in [0.25, 0.3) is 0 Å². The highest BCUT2D eigenvalue weighted by molar-refractivity contribution is 5.35. The zero-order chi connectivity index (χ0) is 14.1. The molecule has 0 aromatic heterocycles. The van der Waals surface area contributed by atoms with E-state index in [-0.39, 0.29) is 16.7 Å². The Morgan fingerprint density at radius 2 is 2.25 bits per heavy atom. The molecule has 1 N–H and O–H groups in total. The molecule has 0 aliphatic heterocycles. The van der Waals surface area contributed by atoms with E-state index in [2.05, 4.69) is 12.2 Å². The van der Waals surface area contributed by atoms with E-state index in [4.69, 9.17) is 0 Å². The number of rotatable bonds is 5. The first-order chi connectivity index (χ1) is 9.63. The van der Waals surface area contributed by atoms with Gasteiger partial charge < -0.3 is 5.32 Å². The van der Waals surface area contributed by atoms with Gasteiger partial charge in [-0.15, -0.1) is 0 Å². The molecule has 0 saturated heterocycles. The second-order valence-corrected chi connectivity index (χ2v) is 6.42. The summed E-state index contributed by atoms with van der Waals surface area (Å²) in [7, 11) is 0. The van der Waals surface area contributed by atoms with Crippen LogP contribution in [0, 0.1) is 27.9 Å². The van der Waals surface area contributed by atoms with Crippen molar-refractivity contribution in [2.45, 2.75) is 38.6 Å². The van der Waals surface area contributed by atoms with Crippen molar-refractivity contribution < 1.29 is 4.92 Å². The lowest BCUT2D eigenvalue weighted by Gasteiger charge is -2.24. The van der Waals surface area contributed by atoms with Crippen molar-refractivity contribution in [1.82, 2.24) is 5.32 Å². The fraction of sp³-hybridized carbons (Fsp3) is 0.625. The third-order valence-corrected chi connectivity index (χ3v) is 5.15. The van der Waals surface area contributed by atoms with Gasteiger partial charge in [-0.05, 0) is 56.0 Å². The van der Waals surface area contributed by atoms with Crippen LogP contribution < -0.4 is 5.32 Å². The Bertz CT molecular complexity index is 503. The molecule has 4 heteroatoms. The van der Waals surface area contributed by atoms with Crippen LogP contribution in [0.1, 0.15) is 44.2 Å². The van der Waals surface area contributed by atoms with Gasteiger partial charge in [-0.2, -0.15) is 0 Å². The minimum atomic E-state index is -0.327. The Balaban J connectivity index is 1.57. The minimum absolute atomic E-state index is 0.175. The van der Waals surface area contributed by atoms with E-state index in [1.165, 1.54) is 25.7 Å². The van der Waals surface area contributed by atoms with E-state index < -0.39 is 0 Å². The Labute approximate surface area is 119 Å². The highest BCUT2D eigenvalue weighted by Gasteiger charge is 2.39. The molecule has 2 bridgehead atoms. The number of benzene rings is 1. The number of nitro groups is 1. The van der Waals surface area contributed by atoms with E-state index in [0.717, 1.165) is 29.9 Å². The van der Waals surface area contributed by atoms with Crippen molar-refractivity contribution >= 4 is 5.69 Å². The lowest BCUT2D eigenvalue weighted by atomic mass is 9.88. The van der Waals surface area contributed by atoms with E-state index >= 15 is 0 Å². The SMILES string of the molecule is CC(NCC1CC2CCC1C2)c1cccc([N+](=O)[O-])c1. The van der Waals surface area contributed by atoms with Crippen LogP contribution in [0.5, 0.6) is 0 Å². The predicted molar refractivity (Wildman–Crippen MR) is 78.5 cm³/mol. The van der Waals surface area contributed by atoms with Crippen molar-refractivity contribution in [1.29, 1.82) is 0 Å². The van der Waals surface area contributed by atoms with Gasteiger partial charge in [0.1, 0.15) is 0 Å². The summed E-state index contributed by atoms with van der Waals surface area (Å²) in [6, 6.07) is 7.13. The zero-order valence-corrected chi connectivity index (χ0v) is 11.9. The summed E-state index contributed by atoms with van der Waals surface area (Å²) in [4.78, 5) is 10.5. The number of hydrogen-bond acceptors (Lipinski definition) is 3. The maximum atomic E-state index is 10.8.